The van der Waals surface area contributed by atoms with Crippen molar-refractivity contribution in [2.24, 2.45) is 0 Å². The van der Waals surface area contributed by atoms with Crippen LogP contribution in [0.2, 0.25) is 0 Å². The topological polar surface area (TPSA) is 20.2 Å². The normalized spacial score (nSPS) is 14.2. The van der Waals surface area contributed by atoms with E-state index in [0.717, 1.165) is 4.43 Å². The van der Waals surface area contributed by atoms with Crippen molar-refractivity contribution in [2.45, 2.75) is 12.3 Å². The summed E-state index contributed by atoms with van der Waals surface area (Å²) >= 11 is 2.42. The first kappa shape index (κ1) is 12.4. The van der Waals surface area contributed by atoms with Crippen LogP contribution in [-0.4, -0.2) is 9.53 Å². The SMILES string of the molecule is CC(CI)(c1ccccc1)c1ccc(O)cc1. The minimum Gasteiger partial charge on any atom is -0.508 e. The van der Waals surface area contributed by atoms with Gasteiger partial charge in [0.15, 0.2) is 0 Å². The van der Waals surface area contributed by atoms with Crippen LogP contribution in [-0.2, 0) is 5.41 Å². The summed E-state index contributed by atoms with van der Waals surface area (Å²) in [6.07, 6.45) is 0. The lowest BCUT2D eigenvalue weighted by molar-refractivity contribution is 0.474. The average molecular weight is 338 g/mol. The molecule has 0 aromatic heterocycles. The Kier molecular flexibility index (Phi) is 3.72. The molecule has 0 aliphatic carbocycles. The van der Waals surface area contributed by atoms with Crippen LogP contribution >= 0.6 is 22.6 Å². The van der Waals surface area contributed by atoms with Gasteiger partial charge in [0.1, 0.15) is 5.75 Å². The molecule has 0 amide bonds. The number of phenols is 1. The van der Waals surface area contributed by atoms with E-state index in [2.05, 4.69) is 53.8 Å². The molecular formula is C15H15IO. The maximum absolute atomic E-state index is 9.36. The van der Waals surface area contributed by atoms with Crippen molar-refractivity contribution in [3.05, 3.63) is 65.7 Å². The van der Waals surface area contributed by atoms with Crippen LogP contribution in [0.3, 0.4) is 0 Å². The molecule has 0 spiro atoms. The molecule has 0 saturated heterocycles. The molecule has 0 fully saturated rings. The van der Waals surface area contributed by atoms with Gasteiger partial charge in [-0.3, -0.25) is 0 Å². The zero-order chi connectivity index (χ0) is 12.3. The highest BCUT2D eigenvalue weighted by Gasteiger charge is 2.27. The van der Waals surface area contributed by atoms with E-state index >= 15 is 0 Å². The van der Waals surface area contributed by atoms with Gasteiger partial charge in [-0.15, -0.1) is 0 Å². The third-order valence-corrected chi connectivity index (χ3v) is 4.71. The monoisotopic (exact) mass is 338 g/mol. The Bertz CT molecular complexity index is 478. The second kappa shape index (κ2) is 5.08. The van der Waals surface area contributed by atoms with E-state index in [1.165, 1.54) is 11.1 Å². The van der Waals surface area contributed by atoms with E-state index in [9.17, 15) is 5.11 Å². The van der Waals surface area contributed by atoms with E-state index in [1.807, 2.05) is 18.2 Å². The molecule has 1 atom stereocenters. The lowest BCUT2D eigenvalue weighted by Crippen LogP contribution is -2.25. The Morgan fingerprint density at radius 1 is 0.941 bits per heavy atom. The van der Waals surface area contributed by atoms with Crippen LogP contribution in [0.15, 0.2) is 54.6 Å². The number of hydrogen-bond donors (Lipinski definition) is 1. The molecule has 1 N–H and O–H groups in total. The minimum absolute atomic E-state index is 0.00444. The zero-order valence-corrected chi connectivity index (χ0v) is 11.9. The van der Waals surface area contributed by atoms with Crippen LogP contribution in [0.1, 0.15) is 18.1 Å². The largest absolute Gasteiger partial charge is 0.508 e. The molecule has 88 valence electrons. The fourth-order valence-corrected chi connectivity index (χ4v) is 2.84. The fraction of sp³-hybridized carbons (Fsp3) is 0.200. The molecule has 2 rings (SSSR count). The van der Waals surface area contributed by atoms with Gasteiger partial charge in [-0.1, -0.05) is 72.0 Å². The Balaban J connectivity index is 2.48. The average Bonchev–Trinajstić information content (AvgIpc) is 2.40. The maximum atomic E-state index is 9.36. The van der Waals surface area contributed by atoms with E-state index in [-0.39, 0.29) is 5.41 Å². The summed E-state index contributed by atoms with van der Waals surface area (Å²) in [4.78, 5) is 0. The molecule has 0 heterocycles. The number of aromatic hydroxyl groups is 1. The summed E-state index contributed by atoms with van der Waals surface area (Å²) in [7, 11) is 0. The molecule has 2 heteroatoms. The number of halogens is 1. The van der Waals surface area contributed by atoms with Gasteiger partial charge in [0.05, 0.1) is 0 Å². The molecule has 0 radical (unpaired) electrons. The van der Waals surface area contributed by atoms with Gasteiger partial charge in [0, 0.05) is 9.84 Å². The van der Waals surface area contributed by atoms with E-state index in [1.54, 1.807) is 12.1 Å². The van der Waals surface area contributed by atoms with Crippen LogP contribution in [0, 0.1) is 0 Å². The predicted molar refractivity (Wildman–Crippen MR) is 79.9 cm³/mol. The lowest BCUT2D eigenvalue weighted by atomic mass is 9.78. The summed E-state index contributed by atoms with van der Waals surface area (Å²) in [5.74, 6) is 0.317. The summed E-state index contributed by atoms with van der Waals surface area (Å²) in [6.45, 7) is 2.24. The third-order valence-electron chi connectivity index (χ3n) is 3.18. The van der Waals surface area contributed by atoms with Crippen molar-refractivity contribution in [3.63, 3.8) is 0 Å². The van der Waals surface area contributed by atoms with Gasteiger partial charge in [0.25, 0.3) is 0 Å². The second-order valence-electron chi connectivity index (χ2n) is 4.38. The fourth-order valence-electron chi connectivity index (χ4n) is 1.96. The Morgan fingerprint density at radius 2 is 1.47 bits per heavy atom. The van der Waals surface area contributed by atoms with Crippen LogP contribution in [0.5, 0.6) is 5.75 Å². The second-order valence-corrected chi connectivity index (χ2v) is 5.14. The molecule has 1 unspecified atom stereocenters. The first-order valence-electron chi connectivity index (χ1n) is 5.58. The molecule has 0 aliphatic heterocycles. The van der Waals surface area contributed by atoms with Crippen LogP contribution in [0.4, 0.5) is 0 Å². The van der Waals surface area contributed by atoms with Crippen molar-refractivity contribution >= 4 is 22.6 Å². The molecule has 2 aromatic rings. The maximum Gasteiger partial charge on any atom is 0.115 e. The van der Waals surface area contributed by atoms with Gasteiger partial charge in [-0.25, -0.2) is 0 Å². The predicted octanol–water partition coefficient (Wildman–Crippen LogP) is 4.13. The Labute approximate surface area is 116 Å². The zero-order valence-electron chi connectivity index (χ0n) is 9.73. The van der Waals surface area contributed by atoms with Crippen LogP contribution in [0.25, 0.3) is 0 Å². The minimum atomic E-state index is -0.00444. The quantitative estimate of drug-likeness (QED) is 0.659. The van der Waals surface area contributed by atoms with Gasteiger partial charge < -0.3 is 5.11 Å². The summed E-state index contributed by atoms with van der Waals surface area (Å²) in [5.41, 5.74) is 2.53. The molecule has 1 nitrogen and oxygen atoms in total. The molecular weight excluding hydrogens is 323 g/mol. The van der Waals surface area contributed by atoms with Crippen molar-refractivity contribution in [3.8, 4) is 5.75 Å². The highest BCUT2D eigenvalue weighted by molar-refractivity contribution is 14.1. The standard InChI is InChI=1S/C15H15IO/c1-15(11-16,12-5-3-2-4-6-12)13-7-9-14(17)10-8-13/h2-10,17H,11H2,1H3. The molecule has 0 saturated carbocycles. The van der Waals surface area contributed by atoms with Gasteiger partial charge in [-0.2, -0.15) is 0 Å². The smallest absolute Gasteiger partial charge is 0.115 e. The van der Waals surface area contributed by atoms with Crippen molar-refractivity contribution in [1.82, 2.24) is 0 Å². The summed E-state index contributed by atoms with van der Waals surface area (Å²) in [6, 6.07) is 18.0. The Morgan fingerprint density at radius 3 is 2.00 bits per heavy atom. The number of hydrogen-bond acceptors (Lipinski definition) is 1. The summed E-state index contributed by atoms with van der Waals surface area (Å²) < 4.78 is 1.000. The molecule has 0 bridgehead atoms. The van der Waals surface area contributed by atoms with Crippen molar-refractivity contribution < 1.29 is 5.11 Å². The summed E-state index contributed by atoms with van der Waals surface area (Å²) in [5, 5.41) is 9.36. The lowest BCUT2D eigenvalue weighted by Gasteiger charge is -2.28. The highest BCUT2D eigenvalue weighted by atomic mass is 127. The Hall–Kier alpha value is -1.03. The number of rotatable bonds is 3. The first-order valence-corrected chi connectivity index (χ1v) is 7.10. The van der Waals surface area contributed by atoms with Crippen molar-refractivity contribution in [2.75, 3.05) is 4.43 Å². The molecule has 2 aromatic carbocycles. The van der Waals surface area contributed by atoms with Gasteiger partial charge in [0.2, 0.25) is 0 Å². The number of alkyl halides is 1. The first-order chi connectivity index (χ1) is 8.16. The van der Waals surface area contributed by atoms with Gasteiger partial charge >= 0.3 is 0 Å². The van der Waals surface area contributed by atoms with E-state index < -0.39 is 0 Å². The highest BCUT2D eigenvalue weighted by Crippen LogP contribution is 2.34. The number of phenolic OH excluding ortho intramolecular Hbond substituents is 1. The van der Waals surface area contributed by atoms with Gasteiger partial charge in [-0.05, 0) is 23.3 Å². The molecule has 17 heavy (non-hydrogen) atoms. The third kappa shape index (κ3) is 2.46. The number of benzene rings is 2. The van der Waals surface area contributed by atoms with Crippen molar-refractivity contribution in [1.29, 1.82) is 0 Å². The van der Waals surface area contributed by atoms with E-state index in [0.29, 0.717) is 5.75 Å². The van der Waals surface area contributed by atoms with E-state index in [4.69, 9.17) is 0 Å². The van der Waals surface area contributed by atoms with Crippen LogP contribution < -0.4 is 0 Å². The molecule has 0 aliphatic rings.